The first-order valence-electron chi connectivity index (χ1n) is 5.70. The molecule has 6 heteroatoms. The molecule has 0 spiro atoms. The highest BCUT2D eigenvalue weighted by Crippen LogP contribution is 2.36. The molecule has 1 heterocycles. The van der Waals surface area contributed by atoms with Crippen LogP contribution in [0.15, 0.2) is 12.1 Å². The molecule has 3 rings (SSSR count). The van der Waals surface area contributed by atoms with E-state index in [0.29, 0.717) is 35.7 Å². The van der Waals surface area contributed by atoms with Crippen LogP contribution in [-0.2, 0) is 16.0 Å². The van der Waals surface area contributed by atoms with Crippen LogP contribution in [0, 0.1) is 0 Å². The Morgan fingerprint density at radius 2 is 2.17 bits per heavy atom. The SMILES string of the molecule is NC1(C(=O)Nc2cc3c(cc2Cl)NC(=O)C3)CC1. The lowest BCUT2D eigenvalue weighted by molar-refractivity contribution is -0.118. The monoisotopic (exact) mass is 265 g/mol. The van der Waals surface area contributed by atoms with Gasteiger partial charge in [0.15, 0.2) is 0 Å². The van der Waals surface area contributed by atoms with E-state index in [1.54, 1.807) is 12.1 Å². The van der Waals surface area contributed by atoms with E-state index in [1.807, 2.05) is 0 Å². The highest BCUT2D eigenvalue weighted by Gasteiger charge is 2.46. The second kappa shape index (κ2) is 3.70. The number of halogens is 1. The third kappa shape index (κ3) is 1.85. The summed E-state index contributed by atoms with van der Waals surface area (Å²) in [5.41, 5.74) is 7.11. The van der Waals surface area contributed by atoms with E-state index >= 15 is 0 Å². The third-order valence-corrected chi connectivity index (χ3v) is 3.62. The van der Waals surface area contributed by atoms with Crippen LogP contribution in [0.3, 0.4) is 0 Å². The van der Waals surface area contributed by atoms with Crippen molar-refractivity contribution in [3.05, 3.63) is 22.7 Å². The number of rotatable bonds is 2. The van der Waals surface area contributed by atoms with E-state index in [2.05, 4.69) is 10.6 Å². The number of carbonyl (C=O) groups is 2. The fourth-order valence-electron chi connectivity index (χ4n) is 1.95. The van der Waals surface area contributed by atoms with E-state index in [9.17, 15) is 9.59 Å². The van der Waals surface area contributed by atoms with Crippen molar-refractivity contribution in [2.24, 2.45) is 5.73 Å². The first-order chi connectivity index (χ1) is 8.48. The summed E-state index contributed by atoms with van der Waals surface area (Å²) < 4.78 is 0. The number of nitrogens with one attached hydrogen (secondary N) is 2. The maximum absolute atomic E-state index is 11.8. The molecule has 5 nitrogen and oxygen atoms in total. The van der Waals surface area contributed by atoms with Crippen molar-refractivity contribution >= 4 is 34.8 Å². The third-order valence-electron chi connectivity index (χ3n) is 3.31. The van der Waals surface area contributed by atoms with Crippen molar-refractivity contribution in [3.63, 3.8) is 0 Å². The Hall–Kier alpha value is -1.59. The van der Waals surface area contributed by atoms with Gasteiger partial charge in [0.2, 0.25) is 11.8 Å². The maximum atomic E-state index is 11.8. The number of benzene rings is 1. The van der Waals surface area contributed by atoms with Crippen LogP contribution < -0.4 is 16.4 Å². The van der Waals surface area contributed by atoms with Crippen molar-refractivity contribution in [1.29, 1.82) is 0 Å². The lowest BCUT2D eigenvalue weighted by Gasteiger charge is -2.12. The zero-order chi connectivity index (χ0) is 12.9. The van der Waals surface area contributed by atoms with Gasteiger partial charge in [-0.1, -0.05) is 11.6 Å². The molecule has 0 saturated heterocycles. The van der Waals surface area contributed by atoms with Crippen molar-refractivity contribution in [2.45, 2.75) is 24.8 Å². The molecule has 0 unspecified atom stereocenters. The minimum atomic E-state index is -0.740. The van der Waals surface area contributed by atoms with Gasteiger partial charge in [-0.25, -0.2) is 0 Å². The van der Waals surface area contributed by atoms with Crippen molar-refractivity contribution in [2.75, 3.05) is 10.6 Å². The molecule has 1 aromatic rings. The number of nitrogens with two attached hydrogens (primary N) is 1. The van der Waals surface area contributed by atoms with E-state index < -0.39 is 5.54 Å². The zero-order valence-corrected chi connectivity index (χ0v) is 10.3. The normalized spacial score (nSPS) is 19.1. The van der Waals surface area contributed by atoms with Crippen LogP contribution in [0.4, 0.5) is 11.4 Å². The first-order valence-corrected chi connectivity index (χ1v) is 6.08. The molecule has 1 fully saturated rings. The number of anilines is 2. The van der Waals surface area contributed by atoms with Crippen LogP contribution in [0.5, 0.6) is 0 Å². The Balaban J connectivity index is 1.87. The molecule has 1 aliphatic heterocycles. The predicted molar refractivity (Wildman–Crippen MR) is 68.6 cm³/mol. The molecule has 2 amide bonds. The molecule has 0 atom stereocenters. The van der Waals surface area contributed by atoms with Gasteiger partial charge >= 0.3 is 0 Å². The standard InChI is InChI=1S/C12H12ClN3O2/c13-7-5-8-6(4-10(17)15-8)3-9(7)16-11(18)12(14)1-2-12/h3,5H,1-2,4,14H2,(H,15,17)(H,16,18). The summed E-state index contributed by atoms with van der Waals surface area (Å²) >= 11 is 6.06. The smallest absolute Gasteiger partial charge is 0.244 e. The van der Waals surface area contributed by atoms with Gasteiger partial charge in [0.1, 0.15) is 0 Å². The van der Waals surface area contributed by atoms with Crippen LogP contribution in [-0.4, -0.2) is 17.4 Å². The van der Waals surface area contributed by atoms with Crippen LogP contribution in [0.25, 0.3) is 0 Å². The molecule has 1 aromatic carbocycles. The van der Waals surface area contributed by atoms with E-state index in [0.717, 1.165) is 5.56 Å². The zero-order valence-electron chi connectivity index (χ0n) is 9.55. The largest absolute Gasteiger partial charge is 0.325 e. The second-order valence-corrected chi connectivity index (χ2v) is 5.23. The van der Waals surface area contributed by atoms with Crippen LogP contribution in [0.2, 0.25) is 5.02 Å². The molecule has 1 saturated carbocycles. The number of hydrogen-bond acceptors (Lipinski definition) is 3. The fraction of sp³-hybridized carbons (Fsp3) is 0.333. The Morgan fingerprint density at radius 1 is 1.44 bits per heavy atom. The fourth-order valence-corrected chi connectivity index (χ4v) is 2.16. The summed E-state index contributed by atoms with van der Waals surface area (Å²) in [5, 5.41) is 5.82. The molecular formula is C12H12ClN3O2. The molecule has 4 N–H and O–H groups in total. The van der Waals surface area contributed by atoms with Crippen molar-refractivity contribution in [3.8, 4) is 0 Å². The van der Waals surface area contributed by atoms with E-state index in [-0.39, 0.29) is 11.8 Å². The minimum absolute atomic E-state index is 0.0676. The molecule has 1 aliphatic carbocycles. The van der Waals surface area contributed by atoms with E-state index in [1.165, 1.54) is 0 Å². The Bertz CT molecular complexity index is 567. The predicted octanol–water partition coefficient (Wildman–Crippen LogP) is 1.26. The lowest BCUT2D eigenvalue weighted by atomic mass is 10.1. The van der Waals surface area contributed by atoms with Crippen molar-refractivity contribution in [1.82, 2.24) is 0 Å². The molecule has 94 valence electrons. The highest BCUT2D eigenvalue weighted by atomic mass is 35.5. The van der Waals surface area contributed by atoms with Gasteiger partial charge in [-0.3, -0.25) is 9.59 Å². The topological polar surface area (TPSA) is 84.2 Å². The van der Waals surface area contributed by atoms with Gasteiger partial charge in [-0.2, -0.15) is 0 Å². The van der Waals surface area contributed by atoms with E-state index in [4.69, 9.17) is 17.3 Å². The Labute approximate surface area is 109 Å². The van der Waals surface area contributed by atoms with Gasteiger partial charge in [-0.05, 0) is 30.5 Å². The van der Waals surface area contributed by atoms with Gasteiger partial charge in [-0.15, -0.1) is 0 Å². The average Bonchev–Trinajstić information content (AvgIpc) is 2.94. The summed E-state index contributed by atoms with van der Waals surface area (Å²) in [6, 6.07) is 3.37. The summed E-state index contributed by atoms with van der Waals surface area (Å²) in [5.74, 6) is -0.288. The number of hydrogen-bond donors (Lipinski definition) is 3. The quantitative estimate of drug-likeness (QED) is 0.753. The number of amides is 2. The summed E-state index contributed by atoms with van der Waals surface area (Å²) in [6.07, 6.45) is 1.70. The molecule has 2 aliphatic rings. The van der Waals surface area contributed by atoms with Gasteiger partial charge in [0, 0.05) is 5.69 Å². The van der Waals surface area contributed by atoms with Crippen LogP contribution in [0.1, 0.15) is 18.4 Å². The number of carbonyl (C=O) groups excluding carboxylic acids is 2. The minimum Gasteiger partial charge on any atom is -0.325 e. The molecular weight excluding hydrogens is 254 g/mol. The van der Waals surface area contributed by atoms with Gasteiger partial charge < -0.3 is 16.4 Å². The second-order valence-electron chi connectivity index (χ2n) is 4.82. The van der Waals surface area contributed by atoms with Gasteiger partial charge in [0.25, 0.3) is 0 Å². The Morgan fingerprint density at radius 3 is 2.83 bits per heavy atom. The molecule has 0 bridgehead atoms. The highest BCUT2D eigenvalue weighted by molar-refractivity contribution is 6.34. The Kier molecular flexibility index (Phi) is 2.36. The first kappa shape index (κ1) is 11.5. The number of fused-ring (bicyclic) bond motifs is 1. The maximum Gasteiger partial charge on any atom is 0.244 e. The summed E-state index contributed by atoms with van der Waals surface area (Å²) in [6.45, 7) is 0. The van der Waals surface area contributed by atoms with Crippen molar-refractivity contribution < 1.29 is 9.59 Å². The molecule has 0 radical (unpaired) electrons. The summed E-state index contributed by atoms with van der Waals surface area (Å²) in [4.78, 5) is 23.1. The molecule has 0 aromatic heterocycles. The van der Waals surface area contributed by atoms with Gasteiger partial charge in [0.05, 0.1) is 22.7 Å². The average molecular weight is 266 g/mol. The lowest BCUT2D eigenvalue weighted by Crippen LogP contribution is -2.37. The van der Waals surface area contributed by atoms with Crippen LogP contribution >= 0.6 is 11.6 Å². The summed E-state index contributed by atoms with van der Waals surface area (Å²) in [7, 11) is 0. The molecule has 18 heavy (non-hydrogen) atoms.